The van der Waals surface area contributed by atoms with E-state index in [0.717, 1.165) is 0 Å². The zero-order chi connectivity index (χ0) is 13.1. The second-order valence-electron chi connectivity index (χ2n) is 3.25. The van der Waals surface area contributed by atoms with Crippen molar-refractivity contribution in [3.05, 3.63) is 45.8 Å². The molecule has 2 aromatic rings. The summed E-state index contributed by atoms with van der Waals surface area (Å²) in [6, 6.07) is 6.59. The lowest BCUT2D eigenvalue weighted by molar-refractivity contribution is 0.0998. The van der Waals surface area contributed by atoms with Gasteiger partial charge in [0.25, 0.3) is 5.91 Å². The maximum atomic E-state index is 11.2. The standard InChI is InChI=1S/C11H7BrClN3O2/c12-7-5-15-11(13)16-10(7)18-8-4-2-1-3-6(8)9(14)17/h1-5H,(H2,14,17). The summed E-state index contributed by atoms with van der Waals surface area (Å²) in [7, 11) is 0. The smallest absolute Gasteiger partial charge is 0.252 e. The Morgan fingerprint density at radius 2 is 2.11 bits per heavy atom. The molecule has 0 atom stereocenters. The summed E-state index contributed by atoms with van der Waals surface area (Å²) in [5.74, 6) is -0.0638. The molecule has 18 heavy (non-hydrogen) atoms. The monoisotopic (exact) mass is 327 g/mol. The first-order valence-electron chi connectivity index (χ1n) is 4.82. The van der Waals surface area contributed by atoms with Crippen molar-refractivity contribution < 1.29 is 9.53 Å². The lowest BCUT2D eigenvalue weighted by Crippen LogP contribution is -2.12. The zero-order valence-corrected chi connectivity index (χ0v) is 11.3. The summed E-state index contributed by atoms with van der Waals surface area (Å²) >= 11 is 8.90. The Bertz CT molecular complexity index is 607. The molecule has 1 heterocycles. The van der Waals surface area contributed by atoms with Crippen LogP contribution in [0.1, 0.15) is 10.4 Å². The number of benzene rings is 1. The Morgan fingerprint density at radius 1 is 1.39 bits per heavy atom. The number of halogens is 2. The maximum Gasteiger partial charge on any atom is 0.252 e. The molecule has 2 rings (SSSR count). The molecule has 1 aromatic heterocycles. The number of carbonyl (C=O) groups excluding carboxylic acids is 1. The molecule has 0 fully saturated rings. The van der Waals surface area contributed by atoms with Crippen molar-refractivity contribution in [2.45, 2.75) is 0 Å². The van der Waals surface area contributed by atoms with E-state index in [4.69, 9.17) is 22.1 Å². The van der Waals surface area contributed by atoms with Crippen LogP contribution in [0.15, 0.2) is 34.9 Å². The molecule has 0 saturated carbocycles. The van der Waals surface area contributed by atoms with Gasteiger partial charge in [-0.2, -0.15) is 4.98 Å². The van der Waals surface area contributed by atoms with Gasteiger partial charge >= 0.3 is 0 Å². The molecule has 0 aliphatic rings. The molecule has 92 valence electrons. The fourth-order valence-electron chi connectivity index (χ4n) is 1.27. The number of aromatic nitrogens is 2. The number of carbonyl (C=O) groups is 1. The summed E-state index contributed by atoms with van der Waals surface area (Å²) < 4.78 is 6.02. The van der Waals surface area contributed by atoms with Crippen LogP contribution in [0.4, 0.5) is 0 Å². The SMILES string of the molecule is NC(=O)c1ccccc1Oc1nc(Cl)ncc1Br. The first kappa shape index (κ1) is 12.8. The van der Waals surface area contributed by atoms with Crippen molar-refractivity contribution in [1.82, 2.24) is 9.97 Å². The lowest BCUT2D eigenvalue weighted by Gasteiger charge is -2.09. The minimum atomic E-state index is -0.582. The second kappa shape index (κ2) is 5.32. The van der Waals surface area contributed by atoms with E-state index in [1.165, 1.54) is 6.20 Å². The number of rotatable bonds is 3. The van der Waals surface area contributed by atoms with E-state index in [0.29, 0.717) is 10.2 Å². The average Bonchev–Trinajstić information content (AvgIpc) is 2.34. The molecule has 0 saturated heterocycles. The van der Waals surface area contributed by atoms with Gasteiger partial charge in [-0.15, -0.1) is 0 Å². The summed E-state index contributed by atoms with van der Waals surface area (Å²) in [5.41, 5.74) is 5.51. The largest absolute Gasteiger partial charge is 0.437 e. The van der Waals surface area contributed by atoms with Crippen LogP contribution in [0, 0.1) is 0 Å². The zero-order valence-electron chi connectivity index (χ0n) is 8.93. The van der Waals surface area contributed by atoms with Gasteiger partial charge in [-0.25, -0.2) is 4.98 Å². The molecule has 0 aliphatic carbocycles. The van der Waals surface area contributed by atoms with Crippen molar-refractivity contribution >= 4 is 33.4 Å². The number of amides is 1. The highest BCUT2D eigenvalue weighted by atomic mass is 79.9. The van der Waals surface area contributed by atoms with E-state index in [1.807, 2.05) is 0 Å². The maximum absolute atomic E-state index is 11.2. The first-order valence-corrected chi connectivity index (χ1v) is 6.00. The molecular weight excluding hydrogens is 321 g/mol. The summed E-state index contributed by atoms with van der Waals surface area (Å²) in [5, 5.41) is 0.0461. The van der Waals surface area contributed by atoms with Gasteiger partial charge in [0.05, 0.1) is 10.0 Å². The summed E-state index contributed by atoms with van der Waals surface area (Å²) in [4.78, 5) is 18.9. The van der Waals surface area contributed by atoms with E-state index >= 15 is 0 Å². The normalized spacial score (nSPS) is 10.1. The number of primary amides is 1. The number of hydrogen-bond acceptors (Lipinski definition) is 4. The molecule has 1 amide bonds. The Kier molecular flexibility index (Phi) is 3.78. The third-order valence-corrected chi connectivity index (χ3v) is 2.77. The van der Waals surface area contributed by atoms with Crippen LogP contribution >= 0.6 is 27.5 Å². The van der Waals surface area contributed by atoms with E-state index in [9.17, 15) is 4.79 Å². The van der Waals surface area contributed by atoms with Crippen molar-refractivity contribution in [3.63, 3.8) is 0 Å². The van der Waals surface area contributed by atoms with Gasteiger partial charge in [0.2, 0.25) is 11.2 Å². The predicted octanol–water partition coefficient (Wildman–Crippen LogP) is 2.78. The fraction of sp³-hybridized carbons (Fsp3) is 0. The lowest BCUT2D eigenvalue weighted by atomic mass is 10.2. The number of nitrogens with zero attached hydrogens (tertiary/aromatic N) is 2. The van der Waals surface area contributed by atoms with Gasteiger partial charge in [0.1, 0.15) is 5.75 Å². The van der Waals surface area contributed by atoms with E-state index in [-0.39, 0.29) is 16.7 Å². The minimum absolute atomic E-state index is 0.0461. The van der Waals surface area contributed by atoms with Crippen LogP contribution in [0.2, 0.25) is 5.28 Å². The van der Waals surface area contributed by atoms with Crippen LogP contribution in [0.3, 0.4) is 0 Å². The minimum Gasteiger partial charge on any atom is -0.437 e. The van der Waals surface area contributed by atoms with Gasteiger partial charge in [-0.05, 0) is 39.7 Å². The van der Waals surface area contributed by atoms with Crippen LogP contribution in [0.5, 0.6) is 11.6 Å². The summed E-state index contributed by atoms with van der Waals surface area (Å²) in [6.07, 6.45) is 1.46. The molecule has 2 N–H and O–H groups in total. The fourth-order valence-corrected chi connectivity index (χ4v) is 1.66. The van der Waals surface area contributed by atoms with Gasteiger partial charge in [-0.3, -0.25) is 4.79 Å². The van der Waals surface area contributed by atoms with Gasteiger partial charge < -0.3 is 10.5 Å². The Labute approximate surface area is 116 Å². The number of nitrogens with two attached hydrogens (primary N) is 1. The third kappa shape index (κ3) is 2.77. The first-order chi connectivity index (χ1) is 8.58. The Balaban J connectivity index is 2.40. The van der Waals surface area contributed by atoms with E-state index in [2.05, 4.69) is 25.9 Å². The van der Waals surface area contributed by atoms with Crippen LogP contribution in [-0.4, -0.2) is 15.9 Å². The molecule has 5 nitrogen and oxygen atoms in total. The van der Waals surface area contributed by atoms with Crippen LogP contribution < -0.4 is 10.5 Å². The molecule has 0 radical (unpaired) electrons. The highest BCUT2D eigenvalue weighted by Gasteiger charge is 2.12. The van der Waals surface area contributed by atoms with E-state index in [1.54, 1.807) is 24.3 Å². The highest BCUT2D eigenvalue weighted by Crippen LogP contribution is 2.29. The van der Waals surface area contributed by atoms with Crippen LogP contribution in [0.25, 0.3) is 0 Å². The van der Waals surface area contributed by atoms with Gasteiger partial charge in [-0.1, -0.05) is 12.1 Å². The Hall–Kier alpha value is -1.66. The Morgan fingerprint density at radius 3 is 2.83 bits per heavy atom. The van der Waals surface area contributed by atoms with Crippen LogP contribution in [-0.2, 0) is 0 Å². The van der Waals surface area contributed by atoms with E-state index < -0.39 is 5.91 Å². The molecule has 0 aliphatic heterocycles. The average molecular weight is 329 g/mol. The van der Waals surface area contributed by atoms with Gasteiger partial charge in [0, 0.05) is 6.20 Å². The van der Waals surface area contributed by atoms with Crippen molar-refractivity contribution in [2.75, 3.05) is 0 Å². The van der Waals surface area contributed by atoms with Crippen molar-refractivity contribution in [1.29, 1.82) is 0 Å². The molecule has 7 heteroatoms. The van der Waals surface area contributed by atoms with Crippen molar-refractivity contribution in [3.8, 4) is 11.6 Å². The molecular formula is C11H7BrClN3O2. The topological polar surface area (TPSA) is 78.1 Å². The third-order valence-electron chi connectivity index (χ3n) is 2.04. The number of hydrogen-bond donors (Lipinski definition) is 1. The predicted molar refractivity (Wildman–Crippen MR) is 69.8 cm³/mol. The molecule has 0 unspecified atom stereocenters. The summed E-state index contributed by atoms with van der Waals surface area (Å²) in [6.45, 7) is 0. The highest BCUT2D eigenvalue weighted by molar-refractivity contribution is 9.10. The quantitative estimate of drug-likeness (QED) is 0.879. The van der Waals surface area contributed by atoms with Crippen molar-refractivity contribution in [2.24, 2.45) is 5.73 Å². The van der Waals surface area contributed by atoms with Gasteiger partial charge in [0.15, 0.2) is 0 Å². The second-order valence-corrected chi connectivity index (χ2v) is 4.45. The molecule has 1 aromatic carbocycles. The number of para-hydroxylation sites is 1. The molecule has 0 spiro atoms. The molecule has 0 bridgehead atoms. The number of ether oxygens (including phenoxy) is 1.